The van der Waals surface area contributed by atoms with Crippen molar-refractivity contribution in [2.24, 2.45) is 4.99 Å². The maximum Gasteiger partial charge on any atom is 0.208 e. The van der Waals surface area contributed by atoms with Crippen LogP contribution >= 0.6 is 0 Å². The largest absolute Gasteiger partial charge is 0.345 e. The standard InChI is InChI=1S/C46H32N4/c1-3-11-31(12-4-1)32-19-21-33(22-20-32)41-27-28-47-46(48-41)50-43-18-10-8-16-38(43)40-30-35(24-26-45(40)50)34-23-25-44-39(29-34)37-15-7-9-17-42(37)49(44)36-13-5-2-6-14-36/h1-30,41H,(H,47,48). The average Bonchev–Trinajstić information content (AvgIpc) is 3.71. The molecule has 2 aromatic heterocycles. The number of hydrogen-bond acceptors (Lipinski definition) is 2. The Morgan fingerprint density at radius 3 is 1.58 bits per heavy atom. The number of nitrogens with zero attached hydrogens (tertiary/aromatic N) is 3. The first kappa shape index (κ1) is 28.4. The molecule has 0 amide bonds. The van der Waals surface area contributed by atoms with Gasteiger partial charge in [-0.2, -0.15) is 0 Å². The number of hydrogen-bond donors (Lipinski definition) is 1. The molecular formula is C46H32N4. The minimum Gasteiger partial charge on any atom is -0.345 e. The van der Waals surface area contributed by atoms with Crippen LogP contribution in [0.2, 0.25) is 0 Å². The molecule has 7 aromatic carbocycles. The van der Waals surface area contributed by atoms with E-state index in [9.17, 15) is 0 Å². The second-order valence-corrected chi connectivity index (χ2v) is 12.9. The predicted molar refractivity (Wildman–Crippen MR) is 209 cm³/mol. The Hall–Kier alpha value is -6.65. The van der Waals surface area contributed by atoms with Gasteiger partial charge in [0.25, 0.3) is 0 Å². The smallest absolute Gasteiger partial charge is 0.208 e. The van der Waals surface area contributed by atoms with E-state index in [4.69, 9.17) is 4.99 Å². The number of para-hydroxylation sites is 3. The maximum absolute atomic E-state index is 4.87. The predicted octanol–water partition coefficient (Wildman–Crippen LogP) is 11.3. The molecule has 1 N–H and O–H groups in total. The first-order chi connectivity index (χ1) is 24.8. The zero-order valence-corrected chi connectivity index (χ0v) is 27.2. The Labute approximate surface area is 289 Å². The lowest BCUT2D eigenvalue weighted by Gasteiger charge is -2.23. The summed E-state index contributed by atoms with van der Waals surface area (Å²) in [6.45, 7) is 0. The zero-order valence-electron chi connectivity index (χ0n) is 27.2. The Balaban J connectivity index is 1.04. The van der Waals surface area contributed by atoms with Crippen molar-refractivity contribution < 1.29 is 0 Å². The normalized spacial score (nSPS) is 14.4. The molecule has 0 spiro atoms. The van der Waals surface area contributed by atoms with E-state index in [2.05, 4.69) is 190 Å². The van der Waals surface area contributed by atoms with Crippen LogP contribution in [0, 0.1) is 0 Å². The summed E-state index contributed by atoms with van der Waals surface area (Å²) in [5.41, 5.74) is 11.8. The molecule has 4 heteroatoms. The van der Waals surface area contributed by atoms with Crippen LogP contribution < -0.4 is 5.32 Å². The van der Waals surface area contributed by atoms with Crippen LogP contribution in [0.25, 0.3) is 71.6 Å². The number of rotatable bonds is 4. The molecule has 1 unspecified atom stereocenters. The molecule has 0 aliphatic carbocycles. The van der Waals surface area contributed by atoms with E-state index in [0.717, 1.165) is 17.0 Å². The van der Waals surface area contributed by atoms with Crippen LogP contribution in [0.1, 0.15) is 11.6 Å². The SMILES string of the molecule is C1=CC(c2ccc(-c3ccccc3)cc2)NC(n2c3ccccc3c3cc(-c4ccc5c(c4)c4ccccc4n5-c4ccccc4)ccc32)=N1. The number of nitrogens with one attached hydrogen (secondary N) is 1. The van der Waals surface area contributed by atoms with E-state index in [1.54, 1.807) is 0 Å². The Morgan fingerprint density at radius 1 is 0.420 bits per heavy atom. The fourth-order valence-corrected chi connectivity index (χ4v) is 7.64. The molecule has 0 fully saturated rings. The zero-order chi connectivity index (χ0) is 33.0. The Morgan fingerprint density at radius 2 is 0.920 bits per heavy atom. The number of aliphatic imine (C=N–C) groups is 1. The number of aromatic nitrogens is 2. The summed E-state index contributed by atoms with van der Waals surface area (Å²) >= 11 is 0. The first-order valence-electron chi connectivity index (χ1n) is 17.1. The fourth-order valence-electron chi connectivity index (χ4n) is 7.64. The van der Waals surface area contributed by atoms with Gasteiger partial charge in [0.2, 0.25) is 5.96 Å². The summed E-state index contributed by atoms with van der Waals surface area (Å²) in [4.78, 5) is 4.87. The summed E-state index contributed by atoms with van der Waals surface area (Å²) < 4.78 is 4.63. The Kier molecular flexibility index (Phi) is 6.53. The molecule has 1 atom stereocenters. The summed E-state index contributed by atoms with van der Waals surface area (Å²) in [6.07, 6.45) is 4.05. The van der Waals surface area contributed by atoms with Gasteiger partial charge >= 0.3 is 0 Å². The van der Waals surface area contributed by atoms with Crippen LogP contribution in [0.4, 0.5) is 0 Å². The lowest BCUT2D eigenvalue weighted by atomic mass is 10.0. The van der Waals surface area contributed by atoms with Gasteiger partial charge < -0.3 is 9.88 Å². The molecule has 236 valence electrons. The Bertz CT molecular complexity index is 2770. The van der Waals surface area contributed by atoms with Crippen molar-refractivity contribution in [1.82, 2.24) is 14.5 Å². The first-order valence-corrected chi connectivity index (χ1v) is 17.1. The van der Waals surface area contributed by atoms with E-state index in [-0.39, 0.29) is 6.04 Å². The topological polar surface area (TPSA) is 34.2 Å². The average molecular weight is 641 g/mol. The second-order valence-electron chi connectivity index (χ2n) is 12.9. The third kappa shape index (κ3) is 4.57. The van der Waals surface area contributed by atoms with E-state index in [1.807, 2.05) is 6.20 Å². The molecule has 50 heavy (non-hydrogen) atoms. The van der Waals surface area contributed by atoms with E-state index >= 15 is 0 Å². The van der Waals surface area contributed by atoms with Crippen LogP contribution in [-0.2, 0) is 0 Å². The molecule has 0 saturated heterocycles. The van der Waals surface area contributed by atoms with Crippen molar-refractivity contribution >= 4 is 49.6 Å². The highest BCUT2D eigenvalue weighted by Gasteiger charge is 2.21. The third-order valence-corrected chi connectivity index (χ3v) is 10.0. The third-order valence-electron chi connectivity index (χ3n) is 10.0. The molecule has 0 saturated carbocycles. The van der Waals surface area contributed by atoms with Gasteiger partial charge in [0, 0.05) is 33.4 Å². The summed E-state index contributed by atoms with van der Waals surface area (Å²) in [5, 5.41) is 8.65. The maximum atomic E-state index is 4.87. The van der Waals surface area contributed by atoms with Crippen LogP contribution in [0.3, 0.4) is 0 Å². The molecule has 1 aliphatic rings. The monoisotopic (exact) mass is 640 g/mol. The summed E-state index contributed by atoms with van der Waals surface area (Å²) in [7, 11) is 0. The molecule has 10 rings (SSSR count). The molecule has 9 aromatic rings. The van der Waals surface area contributed by atoms with Crippen LogP contribution in [-0.4, -0.2) is 15.1 Å². The van der Waals surface area contributed by atoms with Crippen LogP contribution in [0.15, 0.2) is 187 Å². The molecule has 3 heterocycles. The van der Waals surface area contributed by atoms with E-state index in [0.29, 0.717) is 0 Å². The summed E-state index contributed by atoms with van der Waals surface area (Å²) in [6, 6.07) is 61.0. The van der Waals surface area contributed by atoms with Crippen molar-refractivity contribution in [3.05, 3.63) is 188 Å². The second kappa shape index (κ2) is 11.5. The van der Waals surface area contributed by atoms with Crippen molar-refractivity contribution in [3.63, 3.8) is 0 Å². The van der Waals surface area contributed by atoms with Gasteiger partial charge in [-0.3, -0.25) is 4.57 Å². The molecule has 0 bridgehead atoms. The number of benzene rings is 7. The molecule has 0 radical (unpaired) electrons. The van der Waals surface area contributed by atoms with Crippen LogP contribution in [0.5, 0.6) is 0 Å². The van der Waals surface area contributed by atoms with Crippen molar-refractivity contribution in [3.8, 4) is 27.9 Å². The molecule has 4 nitrogen and oxygen atoms in total. The molecule has 1 aliphatic heterocycles. The van der Waals surface area contributed by atoms with Crippen molar-refractivity contribution in [2.45, 2.75) is 6.04 Å². The molecular weight excluding hydrogens is 609 g/mol. The minimum absolute atomic E-state index is 0.00699. The highest BCUT2D eigenvalue weighted by molar-refractivity contribution is 6.15. The van der Waals surface area contributed by atoms with E-state index in [1.165, 1.54) is 66.1 Å². The van der Waals surface area contributed by atoms with Crippen molar-refractivity contribution in [2.75, 3.05) is 0 Å². The van der Waals surface area contributed by atoms with Crippen molar-refractivity contribution in [1.29, 1.82) is 0 Å². The van der Waals surface area contributed by atoms with Gasteiger partial charge in [0.05, 0.1) is 28.1 Å². The van der Waals surface area contributed by atoms with Gasteiger partial charge in [-0.25, -0.2) is 4.99 Å². The fraction of sp³-hybridized carbons (Fsp3) is 0.0217. The van der Waals surface area contributed by atoms with Gasteiger partial charge in [-0.1, -0.05) is 121 Å². The highest BCUT2D eigenvalue weighted by Crippen LogP contribution is 2.37. The van der Waals surface area contributed by atoms with Gasteiger partial charge in [0.1, 0.15) is 0 Å². The minimum atomic E-state index is 0.00699. The van der Waals surface area contributed by atoms with Gasteiger partial charge in [0.15, 0.2) is 0 Å². The quantitative estimate of drug-likeness (QED) is 0.204. The van der Waals surface area contributed by atoms with Gasteiger partial charge in [-0.05, 0) is 82.4 Å². The number of fused-ring (bicyclic) bond motifs is 6. The lowest BCUT2D eigenvalue weighted by Crippen LogP contribution is -2.34. The highest BCUT2D eigenvalue weighted by atomic mass is 15.2. The summed E-state index contributed by atoms with van der Waals surface area (Å²) in [5.74, 6) is 0.818. The van der Waals surface area contributed by atoms with E-state index < -0.39 is 0 Å². The van der Waals surface area contributed by atoms with Gasteiger partial charge in [-0.15, -0.1) is 0 Å². The lowest BCUT2D eigenvalue weighted by molar-refractivity contribution is 0.756.